The van der Waals surface area contributed by atoms with Gasteiger partial charge in [0.25, 0.3) is 0 Å². The fraction of sp³-hybridized carbons (Fsp3) is 0.154. The highest BCUT2D eigenvalue weighted by Crippen LogP contribution is 2.34. The molecule has 0 fully saturated rings. The van der Waals surface area contributed by atoms with Crippen molar-refractivity contribution in [3.05, 3.63) is 82.5 Å². The highest BCUT2D eigenvalue weighted by atomic mass is 32.1. The summed E-state index contributed by atoms with van der Waals surface area (Å²) in [4.78, 5) is 5.17. The van der Waals surface area contributed by atoms with Crippen LogP contribution in [-0.2, 0) is 0 Å². The van der Waals surface area contributed by atoms with Gasteiger partial charge in [0, 0.05) is 29.6 Å². The molecule has 0 aliphatic heterocycles. The van der Waals surface area contributed by atoms with Crippen LogP contribution in [0.4, 0.5) is 0 Å². The molecule has 1 aromatic heterocycles. The number of aromatic nitrogens is 1. The van der Waals surface area contributed by atoms with Crippen LogP contribution in [-0.4, -0.2) is 39.3 Å². The van der Waals surface area contributed by atoms with Crippen LogP contribution in [0.3, 0.4) is 0 Å². The molecule has 0 spiro atoms. The summed E-state index contributed by atoms with van der Waals surface area (Å²) in [6.07, 6.45) is 1.74. The van der Waals surface area contributed by atoms with Gasteiger partial charge < -0.3 is 14.2 Å². The number of nitrogens with zero attached hydrogens (tertiary/aromatic N) is 3. The zero-order chi connectivity index (χ0) is 23.2. The van der Waals surface area contributed by atoms with Crippen molar-refractivity contribution in [2.24, 2.45) is 10.1 Å². The number of ether oxygens (including phenoxy) is 3. The van der Waals surface area contributed by atoms with Crippen LogP contribution < -0.4 is 19.0 Å². The Kier molecular flexibility index (Phi) is 6.90. The lowest BCUT2D eigenvalue weighted by atomic mass is 10.0. The Labute approximate surface area is 197 Å². The molecule has 0 aliphatic rings. The summed E-state index contributed by atoms with van der Waals surface area (Å²) >= 11 is 1.54. The van der Waals surface area contributed by atoms with Crippen molar-refractivity contribution < 1.29 is 14.2 Å². The third kappa shape index (κ3) is 4.68. The maximum atomic E-state index is 5.53. The van der Waals surface area contributed by atoms with E-state index in [1.54, 1.807) is 40.7 Å². The molecule has 168 valence electrons. The van der Waals surface area contributed by atoms with Crippen LogP contribution >= 0.6 is 11.3 Å². The molecule has 4 aromatic rings. The van der Waals surface area contributed by atoms with Crippen molar-refractivity contribution in [2.45, 2.75) is 0 Å². The summed E-state index contributed by atoms with van der Waals surface area (Å²) in [5.41, 5.74) is 5.12. The van der Waals surface area contributed by atoms with Gasteiger partial charge in [-0.05, 0) is 17.2 Å². The molecule has 3 aromatic carbocycles. The molecular formula is C26H25N3O3S. The quantitative estimate of drug-likeness (QED) is 0.351. The van der Waals surface area contributed by atoms with E-state index in [-0.39, 0.29) is 0 Å². The fourth-order valence-electron chi connectivity index (χ4n) is 3.50. The molecule has 0 aliphatic carbocycles. The van der Waals surface area contributed by atoms with Crippen molar-refractivity contribution in [1.82, 2.24) is 4.68 Å². The van der Waals surface area contributed by atoms with E-state index < -0.39 is 0 Å². The van der Waals surface area contributed by atoms with Crippen molar-refractivity contribution in [2.75, 3.05) is 28.4 Å². The summed E-state index contributed by atoms with van der Waals surface area (Å²) < 4.78 is 18.2. The lowest BCUT2D eigenvalue weighted by Gasteiger charge is -2.12. The number of hydrogen-bond donors (Lipinski definition) is 0. The predicted octanol–water partition coefficient (Wildman–Crippen LogP) is 5.32. The Morgan fingerprint density at radius 3 is 2.00 bits per heavy atom. The van der Waals surface area contributed by atoms with Crippen molar-refractivity contribution in [1.29, 1.82) is 0 Å². The smallest absolute Gasteiger partial charge is 0.205 e. The van der Waals surface area contributed by atoms with E-state index in [1.807, 2.05) is 28.9 Å². The van der Waals surface area contributed by atoms with E-state index in [1.165, 1.54) is 22.5 Å². The molecule has 0 unspecified atom stereocenters. The van der Waals surface area contributed by atoms with Crippen LogP contribution in [0, 0.1) is 0 Å². The van der Waals surface area contributed by atoms with E-state index >= 15 is 0 Å². The van der Waals surface area contributed by atoms with Crippen molar-refractivity contribution in [3.63, 3.8) is 0 Å². The van der Waals surface area contributed by atoms with E-state index in [0.29, 0.717) is 17.2 Å². The third-order valence-corrected chi connectivity index (χ3v) is 6.12. The Morgan fingerprint density at radius 1 is 0.758 bits per heavy atom. The SMILES string of the molecule is CN=c1scc(-c2ccc(-c3ccccc3)cc2)n1N=Cc1cc(OC)c(OC)cc1OC. The van der Waals surface area contributed by atoms with Crippen molar-refractivity contribution in [3.8, 4) is 39.6 Å². The molecule has 0 amide bonds. The lowest BCUT2D eigenvalue weighted by Crippen LogP contribution is -2.11. The first-order valence-corrected chi connectivity index (χ1v) is 11.2. The minimum absolute atomic E-state index is 0.595. The highest BCUT2D eigenvalue weighted by Gasteiger charge is 2.12. The predicted molar refractivity (Wildman–Crippen MR) is 134 cm³/mol. The van der Waals surface area contributed by atoms with Crippen molar-refractivity contribution >= 4 is 17.6 Å². The average Bonchev–Trinajstić information content (AvgIpc) is 3.30. The summed E-state index contributed by atoms with van der Waals surface area (Å²) in [6, 6.07) is 22.4. The Balaban J connectivity index is 1.72. The first-order chi connectivity index (χ1) is 16.2. The zero-order valence-electron chi connectivity index (χ0n) is 19.0. The third-order valence-electron chi connectivity index (χ3n) is 5.21. The maximum Gasteiger partial charge on any atom is 0.205 e. The monoisotopic (exact) mass is 459 g/mol. The molecule has 0 N–H and O–H groups in total. The number of thiazole rings is 1. The topological polar surface area (TPSA) is 57.3 Å². The Morgan fingerprint density at radius 2 is 1.36 bits per heavy atom. The van der Waals surface area contributed by atoms with Gasteiger partial charge in [-0.3, -0.25) is 4.99 Å². The molecule has 6 nitrogen and oxygen atoms in total. The van der Waals surface area contributed by atoms with Gasteiger partial charge in [0.05, 0.1) is 33.2 Å². The Bertz CT molecular complexity index is 1320. The zero-order valence-corrected chi connectivity index (χ0v) is 19.8. The largest absolute Gasteiger partial charge is 0.496 e. The number of benzene rings is 3. The molecule has 0 bridgehead atoms. The van der Waals surface area contributed by atoms with E-state index in [0.717, 1.165) is 21.6 Å². The summed E-state index contributed by atoms with van der Waals surface area (Å²) in [5.74, 6) is 1.83. The second kappa shape index (κ2) is 10.2. The molecule has 4 rings (SSSR count). The second-order valence-corrected chi connectivity index (χ2v) is 7.91. The van der Waals surface area contributed by atoms with E-state index in [9.17, 15) is 0 Å². The average molecular weight is 460 g/mol. The Hall–Kier alpha value is -3.84. The number of methoxy groups -OCH3 is 3. The minimum atomic E-state index is 0.595. The van der Waals surface area contributed by atoms with Gasteiger partial charge >= 0.3 is 0 Å². The first kappa shape index (κ1) is 22.4. The normalized spacial score (nSPS) is 11.7. The highest BCUT2D eigenvalue weighted by molar-refractivity contribution is 7.07. The van der Waals surface area contributed by atoms with Gasteiger partial charge in [0.2, 0.25) is 4.80 Å². The van der Waals surface area contributed by atoms with Gasteiger partial charge in [-0.25, -0.2) is 4.68 Å². The summed E-state index contributed by atoms with van der Waals surface area (Å²) in [6.45, 7) is 0. The first-order valence-electron chi connectivity index (χ1n) is 10.3. The second-order valence-electron chi connectivity index (χ2n) is 7.08. The molecule has 0 saturated carbocycles. The number of hydrogen-bond acceptors (Lipinski definition) is 6. The molecule has 1 heterocycles. The molecule has 7 heteroatoms. The van der Waals surface area contributed by atoms with Gasteiger partial charge in [-0.15, -0.1) is 11.3 Å². The molecule has 0 saturated heterocycles. The van der Waals surface area contributed by atoms with E-state index in [4.69, 9.17) is 19.3 Å². The van der Waals surface area contributed by atoms with E-state index in [2.05, 4.69) is 46.8 Å². The van der Waals surface area contributed by atoms with Crippen LogP contribution in [0.15, 0.2) is 82.2 Å². The van der Waals surface area contributed by atoms with Crippen LogP contribution in [0.25, 0.3) is 22.4 Å². The number of rotatable bonds is 7. The van der Waals surface area contributed by atoms with Crippen LogP contribution in [0.5, 0.6) is 17.2 Å². The van der Waals surface area contributed by atoms with Gasteiger partial charge in [-0.1, -0.05) is 54.6 Å². The summed E-state index contributed by atoms with van der Waals surface area (Å²) in [5, 5.41) is 6.79. The van der Waals surface area contributed by atoms with Gasteiger partial charge in [0.1, 0.15) is 5.75 Å². The molecule has 0 radical (unpaired) electrons. The molecule has 33 heavy (non-hydrogen) atoms. The molecular weight excluding hydrogens is 434 g/mol. The standard InChI is InChI=1S/C26H25N3O3S/c1-27-26-29(28-16-21-14-24(31-3)25(32-4)15-23(21)30-2)22(17-33-26)20-12-10-19(11-13-20)18-8-6-5-7-9-18/h5-17H,1-4H3. The van der Waals surface area contributed by atoms with Gasteiger partial charge in [-0.2, -0.15) is 5.10 Å². The van der Waals surface area contributed by atoms with Crippen LogP contribution in [0.2, 0.25) is 0 Å². The summed E-state index contributed by atoms with van der Waals surface area (Å²) in [7, 11) is 6.57. The minimum Gasteiger partial charge on any atom is -0.496 e. The fourth-order valence-corrected chi connectivity index (χ4v) is 4.30. The van der Waals surface area contributed by atoms with Crippen LogP contribution in [0.1, 0.15) is 5.56 Å². The lowest BCUT2D eigenvalue weighted by molar-refractivity contribution is 0.349. The van der Waals surface area contributed by atoms with Gasteiger partial charge in [0.15, 0.2) is 11.5 Å². The maximum absolute atomic E-state index is 5.53. The molecule has 0 atom stereocenters.